The molecule has 0 spiro atoms. The van der Waals surface area contributed by atoms with Crippen molar-refractivity contribution in [1.29, 1.82) is 0 Å². The summed E-state index contributed by atoms with van der Waals surface area (Å²) >= 11 is 0. The molecule has 1 atom stereocenters. The number of rotatable bonds is 3. The number of ether oxygens (including phenoxy) is 1. The molecule has 7 nitrogen and oxygen atoms in total. The number of sulfone groups is 1. The molecule has 8 heteroatoms. The van der Waals surface area contributed by atoms with Gasteiger partial charge in [0.1, 0.15) is 17.4 Å². The van der Waals surface area contributed by atoms with Crippen LogP contribution in [0.3, 0.4) is 0 Å². The fourth-order valence-electron chi connectivity index (χ4n) is 3.21. The largest absolute Gasteiger partial charge is 0.370 e. The second kappa shape index (κ2) is 6.79. The summed E-state index contributed by atoms with van der Waals surface area (Å²) in [5, 5.41) is 0.891. The summed E-state index contributed by atoms with van der Waals surface area (Å²) in [5.74, 6) is -0.103. The van der Waals surface area contributed by atoms with Crippen molar-refractivity contribution in [2.24, 2.45) is 0 Å². The summed E-state index contributed by atoms with van der Waals surface area (Å²) in [7, 11) is -3.24. The number of H-pyrrole nitrogens is 1. The molecule has 3 aromatic rings. The van der Waals surface area contributed by atoms with E-state index in [9.17, 15) is 13.2 Å². The number of morpholine rings is 1. The van der Waals surface area contributed by atoms with E-state index in [2.05, 4.69) is 9.97 Å². The van der Waals surface area contributed by atoms with Crippen molar-refractivity contribution in [1.82, 2.24) is 14.9 Å². The van der Waals surface area contributed by atoms with Gasteiger partial charge >= 0.3 is 0 Å². The Morgan fingerprint density at radius 2 is 2.04 bits per heavy atom. The third kappa shape index (κ3) is 3.58. The van der Waals surface area contributed by atoms with Gasteiger partial charge in [0.2, 0.25) is 0 Å². The van der Waals surface area contributed by atoms with E-state index in [-0.39, 0.29) is 16.9 Å². The molecule has 0 aliphatic carbocycles. The van der Waals surface area contributed by atoms with Gasteiger partial charge in [0, 0.05) is 24.4 Å². The number of pyridine rings is 1. The van der Waals surface area contributed by atoms with Crippen molar-refractivity contribution in [3.63, 3.8) is 0 Å². The van der Waals surface area contributed by atoms with Gasteiger partial charge in [0.05, 0.1) is 18.0 Å². The minimum Gasteiger partial charge on any atom is -0.370 e. The maximum absolute atomic E-state index is 12.9. The number of carbonyl (C=O) groups is 1. The molecule has 2 aromatic heterocycles. The molecule has 1 aliphatic heterocycles. The minimum absolute atomic E-state index is 0.103. The van der Waals surface area contributed by atoms with Crippen LogP contribution in [0, 0.1) is 0 Å². The quantitative estimate of drug-likeness (QED) is 0.746. The Morgan fingerprint density at radius 3 is 2.74 bits per heavy atom. The SMILES string of the molecule is CS(=O)(=O)c1ccc(C2CN(C(=O)c3cc4cccnc4[nH]3)CCO2)cc1. The highest BCUT2D eigenvalue weighted by Crippen LogP contribution is 2.25. The van der Waals surface area contributed by atoms with Gasteiger partial charge in [0.25, 0.3) is 5.91 Å². The lowest BCUT2D eigenvalue weighted by molar-refractivity contribution is -0.0230. The van der Waals surface area contributed by atoms with Crippen LogP contribution in [0.5, 0.6) is 0 Å². The number of aromatic amines is 1. The van der Waals surface area contributed by atoms with Crippen LogP contribution in [0.4, 0.5) is 0 Å². The van der Waals surface area contributed by atoms with Crippen molar-refractivity contribution in [3.05, 3.63) is 59.9 Å². The summed E-state index contributed by atoms with van der Waals surface area (Å²) < 4.78 is 29.0. The first-order chi connectivity index (χ1) is 12.9. The van der Waals surface area contributed by atoms with E-state index < -0.39 is 9.84 Å². The number of hydrogen-bond acceptors (Lipinski definition) is 5. The van der Waals surface area contributed by atoms with E-state index in [0.717, 1.165) is 10.9 Å². The van der Waals surface area contributed by atoms with E-state index in [1.54, 1.807) is 41.4 Å². The average molecular weight is 385 g/mol. The van der Waals surface area contributed by atoms with Crippen LogP contribution in [0.25, 0.3) is 11.0 Å². The number of nitrogens with one attached hydrogen (secondary N) is 1. The third-order valence-corrected chi connectivity index (χ3v) is 5.78. The normalized spacial score (nSPS) is 18.0. The summed E-state index contributed by atoms with van der Waals surface area (Å²) in [5.41, 5.74) is 2.03. The predicted octanol–water partition coefficient (Wildman–Crippen LogP) is 2.18. The zero-order valence-corrected chi connectivity index (χ0v) is 15.6. The van der Waals surface area contributed by atoms with Crippen LogP contribution in [-0.4, -0.2) is 55.1 Å². The molecule has 1 fully saturated rings. The number of aromatic nitrogens is 2. The first-order valence-corrected chi connectivity index (χ1v) is 10.5. The Balaban J connectivity index is 1.53. The maximum atomic E-state index is 12.9. The highest BCUT2D eigenvalue weighted by atomic mass is 32.2. The minimum atomic E-state index is -3.24. The summed E-state index contributed by atoms with van der Waals surface area (Å²) in [6, 6.07) is 12.1. The van der Waals surface area contributed by atoms with Crippen LogP contribution in [0.2, 0.25) is 0 Å². The number of fused-ring (bicyclic) bond motifs is 1. The smallest absolute Gasteiger partial charge is 0.270 e. The molecule has 4 rings (SSSR count). The lowest BCUT2D eigenvalue weighted by Crippen LogP contribution is -2.42. The number of benzene rings is 1. The Bertz CT molecular complexity index is 1060. The fraction of sp³-hybridized carbons (Fsp3) is 0.263. The summed E-state index contributed by atoms with van der Waals surface area (Å²) in [4.78, 5) is 22.1. The van der Waals surface area contributed by atoms with Crippen molar-refractivity contribution >= 4 is 26.8 Å². The number of carbonyl (C=O) groups excluding carboxylic acids is 1. The maximum Gasteiger partial charge on any atom is 0.270 e. The Labute approximate surface area is 156 Å². The van der Waals surface area contributed by atoms with Crippen molar-refractivity contribution < 1.29 is 17.9 Å². The molecule has 1 unspecified atom stereocenters. The zero-order chi connectivity index (χ0) is 19.0. The van der Waals surface area contributed by atoms with Gasteiger partial charge in [-0.1, -0.05) is 12.1 Å². The standard InChI is InChI=1S/C19H19N3O4S/c1-27(24,25)15-6-4-13(5-7-15)17-12-22(9-10-26-17)19(23)16-11-14-3-2-8-20-18(14)21-16/h2-8,11,17H,9-10,12H2,1H3,(H,20,21). The zero-order valence-electron chi connectivity index (χ0n) is 14.8. The third-order valence-electron chi connectivity index (χ3n) is 4.66. The van der Waals surface area contributed by atoms with E-state index in [0.29, 0.717) is 31.0 Å². The second-order valence-electron chi connectivity index (χ2n) is 6.58. The van der Waals surface area contributed by atoms with Crippen LogP contribution in [0.1, 0.15) is 22.2 Å². The molecule has 1 aromatic carbocycles. The van der Waals surface area contributed by atoms with E-state index >= 15 is 0 Å². The molecule has 1 saturated heterocycles. The number of hydrogen-bond donors (Lipinski definition) is 1. The lowest BCUT2D eigenvalue weighted by Gasteiger charge is -2.33. The molecule has 0 radical (unpaired) electrons. The van der Waals surface area contributed by atoms with Gasteiger partial charge in [-0.05, 0) is 35.9 Å². The van der Waals surface area contributed by atoms with Gasteiger partial charge in [-0.2, -0.15) is 0 Å². The van der Waals surface area contributed by atoms with E-state index in [1.807, 2.05) is 12.1 Å². The molecule has 0 saturated carbocycles. The number of amides is 1. The predicted molar refractivity (Wildman–Crippen MR) is 100 cm³/mol. The number of nitrogens with zero attached hydrogens (tertiary/aromatic N) is 2. The van der Waals surface area contributed by atoms with Crippen molar-refractivity contribution in [2.45, 2.75) is 11.0 Å². The Morgan fingerprint density at radius 1 is 1.26 bits per heavy atom. The van der Waals surface area contributed by atoms with Gasteiger partial charge in [0.15, 0.2) is 9.84 Å². The molecule has 1 aliphatic rings. The van der Waals surface area contributed by atoms with Crippen LogP contribution in [-0.2, 0) is 14.6 Å². The molecular weight excluding hydrogens is 366 g/mol. The van der Waals surface area contributed by atoms with Crippen LogP contribution in [0.15, 0.2) is 53.6 Å². The van der Waals surface area contributed by atoms with Gasteiger partial charge in [-0.15, -0.1) is 0 Å². The fourth-order valence-corrected chi connectivity index (χ4v) is 3.84. The molecule has 1 amide bonds. The van der Waals surface area contributed by atoms with E-state index in [4.69, 9.17) is 4.74 Å². The Hall–Kier alpha value is -2.71. The average Bonchev–Trinajstić information content (AvgIpc) is 3.11. The van der Waals surface area contributed by atoms with Gasteiger partial charge in [-0.3, -0.25) is 4.79 Å². The molecule has 140 valence electrons. The lowest BCUT2D eigenvalue weighted by atomic mass is 10.1. The first kappa shape index (κ1) is 17.7. The molecule has 3 heterocycles. The summed E-state index contributed by atoms with van der Waals surface area (Å²) in [6.07, 6.45) is 2.56. The summed E-state index contributed by atoms with van der Waals surface area (Å²) in [6.45, 7) is 1.32. The molecule has 27 heavy (non-hydrogen) atoms. The highest BCUT2D eigenvalue weighted by Gasteiger charge is 2.27. The van der Waals surface area contributed by atoms with Crippen LogP contribution < -0.4 is 0 Å². The second-order valence-corrected chi connectivity index (χ2v) is 8.59. The monoisotopic (exact) mass is 385 g/mol. The molecular formula is C19H19N3O4S. The topological polar surface area (TPSA) is 92.4 Å². The first-order valence-electron chi connectivity index (χ1n) is 8.56. The van der Waals surface area contributed by atoms with Crippen molar-refractivity contribution in [3.8, 4) is 0 Å². The Kier molecular flexibility index (Phi) is 4.45. The van der Waals surface area contributed by atoms with Crippen LogP contribution >= 0.6 is 0 Å². The highest BCUT2D eigenvalue weighted by molar-refractivity contribution is 7.90. The van der Waals surface area contributed by atoms with E-state index in [1.165, 1.54) is 6.26 Å². The molecule has 1 N–H and O–H groups in total. The molecule has 0 bridgehead atoms. The van der Waals surface area contributed by atoms with Gasteiger partial charge in [-0.25, -0.2) is 13.4 Å². The van der Waals surface area contributed by atoms with Gasteiger partial charge < -0.3 is 14.6 Å². The van der Waals surface area contributed by atoms with Crippen molar-refractivity contribution in [2.75, 3.05) is 26.0 Å².